The number of amides is 1. The molecule has 132 valence electrons. The first-order valence-electron chi connectivity index (χ1n) is 8.37. The molecule has 6 heteroatoms. The minimum atomic E-state index is -3.65. The second-order valence-corrected chi connectivity index (χ2v) is 8.13. The number of hydrogen-bond donors (Lipinski definition) is 2. The zero-order chi connectivity index (χ0) is 18.0. The van der Waals surface area contributed by atoms with Gasteiger partial charge in [0.2, 0.25) is 15.9 Å². The lowest BCUT2D eigenvalue weighted by molar-refractivity contribution is -0.116. The average molecular weight is 358 g/mol. The number of carbonyl (C=O) groups is 1. The van der Waals surface area contributed by atoms with E-state index in [1.54, 1.807) is 12.1 Å². The second kappa shape index (κ2) is 6.98. The van der Waals surface area contributed by atoms with Crippen LogP contribution in [-0.4, -0.2) is 14.3 Å². The van der Waals surface area contributed by atoms with Gasteiger partial charge in [-0.1, -0.05) is 24.3 Å². The predicted octanol–water partition coefficient (Wildman–Crippen LogP) is 3.31. The predicted molar refractivity (Wildman–Crippen MR) is 97.9 cm³/mol. The van der Waals surface area contributed by atoms with Gasteiger partial charge in [-0.2, -0.15) is 0 Å². The monoisotopic (exact) mass is 358 g/mol. The number of anilines is 1. The van der Waals surface area contributed by atoms with Crippen molar-refractivity contribution in [3.05, 3.63) is 59.2 Å². The van der Waals surface area contributed by atoms with E-state index in [-0.39, 0.29) is 16.8 Å². The normalized spacial score (nSPS) is 15.8. The molecule has 2 N–H and O–H groups in total. The number of fused-ring (bicyclic) bond motifs is 1. The van der Waals surface area contributed by atoms with E-state index < -0.39 is 10.0 Å². The van der Waals surface area contributed by atoms with Gasteiger partial charge in [0.15, 0.2) is 0 Å². The molecule has 0 spiro atoms. The van der Waals surface area contributed by atoms with Gasteiger partial charge in [-0.05, 0) is 61.6 Å². The van der Waals surface area contributed by atoms with E-state index in [0.717, 1.165) is 23.1 Å². The number of carbonyl (C=O) groups excluding carboxylic acids is 1. The summed E-state index contributed by atoms with van der Waals surface area (Å²) in [5.74, 6) is -0.0272. The Morgan fingerprint density at radius 3 is 2.64 bits per heavy atom. The fraction of sp³-hybridized carbons (Fsp3) is 0.316. The van der Waals surface area contributed by atoms with Crippen LogP contribution >= 0.6 is 0 Å². The zero-order valence-corrected chi connectivity index (χ0v) is 15.2. The second-order valence-electron chi connectivity index (χ2n) is 6.42. The minimum absolute atomic E-state index is 0.0272. The van der Waals surface area contributed by atoms with E-state index in [2.05, 4.69) is 10.0 Å². The Bertz CT molecular complexity index is 907. The highest BCUT2D eigenvalue weighted by atomic mass is 32.2. The minimum Gasteiger partial charge on any atom is -0.326 e. The van der Waals surface area contributed by atoms with E-state index in [0.29, 0.717) is 18.5 Å². The number of rotatable bonds is 4. The van der Waals surface area contributed by atoms with Crippen LogP contribution in [0.15, 0.2) is 47.4 Å². The molecule has 0 aliphatic carbocycles. The molecule has 1 heterocycles. The van der Waals surface area contributed by atoms with Crippen LogP contribution in [-0.2, 0) is 21.2 Å². The smallest absolute Gasteiger partial charge is 0.241 e. The molecule has 1 aliphatic rings. The molecule has 0 unspecified atom stereocenters. The van der Waals surface area contributed by atoms with Gasteiger partial charge in [0.1, 0.15) is 0 Å². The maximum absolute atomic E-state index is 12.8. The molecule has 0 saturated carbocycles. The fourth-order valence-electron chi connectivity index (χ4n) is 3.16. The Balaban J connectivity index is 1.86. The van der Waals surface area contributed by atoms with Crippen LogP contribution in [0, 0.1) is 6.92 Å². The molecule has 0 saturated heterocycles. The molecule has 0 radical (unpaired) electrons. The summed E-state index contributed by atoms with van der Waals surface area (Å²) in [5.41, 5.74) is 3.56. The van der Waals surface area contributed by atoms with Crippen LogP contribution in [0.1, 0.15) is 42.5 Å². The lowest BCUT2D eigenvalue weighted by Crippen LogP contribution is -2.27. The quantitative estimate of drug-likeness (QED) is 0.880. The summed E-state index contributed by atoms with van der Waals surface area (Å²) in [6.07, 6.45) is 1.86. The van der Waals surface area contributed by atoms with Gasteiger partial charge >= 0.3 is 0 Å². The number of nitrogens with one attached hydrogen (secondary N) is 2. The third-order valence-electron chi connectivity index (χ3n) is 4.50. The molecule has 5 nitrogen and oxygen atoms in total. The highest BCUT2D eigenvalue weighted by molar-refractivity contribution is 7.89. The topological polar surface area (TPSA) is 75.3 Å². The Labute approximate surface area is 148 Å². The van der Waals surface area contributed by atoms with Gasteiger partial charge in [0, 0.05) is 18.2 Å². The molecule has 2 aromatic carbocycles. The summed E-state index contributed by atoms with van der Waals surface area (Å²) >= 11 is 0. The van der Waals surface area contributed by atoms with Crippen molar-refractivity contribution in [3.8, 4) is 0 Å². The zero-order valence-electron chi connectivity index (χ0n) is 14.4. The van der Waals surface area contributed by atoms with Crippen LogP contribution in [0.3, 0.4) is 0 Å². The Morgan fingerprint density at radius 1 is 1.12 bits per heavy atom. The summed E-state index contributed by atoms with van der Waals surface area (Å²) in [7, 11) is -3.65. The van der Waals surface area contributed by atoms with Crippen molar-refractivity contribution in [2.75, 3.05) is 5.32 Å². The first-order valence-corrected chi connectivity index (χ1v) is 9.86. The molecule has 1 amide bonds. The summed E-state index contributed by atoms with van der Waals surface area (Å²) in [5, 5.41) is 2.82. The van der Waals surface area contributed by atoms with Crippen molar-refractivity contribution in [3.63, 3.8) is 0 Å². The maximum atomic E-state index is 12.8. The van der Waals surface area contributed by atoms with E-state index in [4.69, 9.17) is 0 Å². The van der Waals surface area contributed by atoms with Crippen molar-refractivity contribution in [1.82, 2.24) is 4.72 Å². The fourth-order valence-corrected chi connectivity index (χ4v) is 4.43. The Morgan fingerprint density at radius 2 is 1.88 bits per heavy atom. The van der Waals surface area contributed by atoms with Crippen molar-refractivity contribution in [2.24, 2.45) is 0 Å². The summed E-state index contributed by atoms with van der Waals surface area (Å²) in [6.45, 7) is 3.80. The summed E-state index contributed by atoms with van der Waals surface area (Å²) in [4.78, 5) is 11.8. The molecule has 25 heavy (non-hydrogen) atoms. The first kappa shape index (κ1) is 17.6. The number of aryl methyl sites for hydroxylation is 2. The third kappa shape index (κ3) is 3.91. The van der Waals surface area contributed by atoms with Gasteiger partial charge in [0.05, 0.1) is 4.90 Å². The van der Waals surface area contributed by atoms with Crippen LogP contribution < -0.4 is 10.0 Å². The maximum Gasteiger partial charge on any atom is 0.241 e. The first-order chi connectivity index (χ1) is 11.9. The highest BCUT2D eigenvalue weighted by Crippen LogP contribution is 2.26. The van der Waals surface area contributed by atoms with Gasteiger partial charge in [0.25, 0.3) is 0 Å². The van der Waals surface area contributed by atoms with Crippen molar-refractivity contribution >= 4 is 21.6 Å². The van der Waals surface area contributed by atoms with Crippen molar-refractivity contribution < 1.29 is 13.2 Å². The largest absolute Gasteiger partial charge is 0.326 e. The number of benzene rings is 2. The SMILES string of the molecule is Cc1ccccc1[C@@H](C)NS(=O)(=O)c1ccc2c(c1)CCCC(=O)N2. The average Bonchev–Trinajstić information content (AvgIpc) is 2.74. The standard InChI is InChI=1S/C19H22N2O3S/c1-13-6-3-4-8-17(13)14(2)21-25(23,24)16-10-11-18-15(12-16)7-5-9-19(22)20-18/h3-4,6,8,10-12,14,21H,5,7,9H2,1-2H3,(H,20,22)/t14-/m1/s1. The van der Waals surface area contributed by atoms with E-state index in [1.807, 2.05) is 38.1 Å². The molecule has 0 bridgehead atoms. The van der Waals surface area contributed by atoms with Crippen LogP contribution in [0.4, 0.5) is 5.69 Å². The Hall–Kier alpha value is -2.18. The lowest BCUT2D eigenvalue weighted by Gasteiger charge is -2.17. The van der Waals surface area contributed by atoms with Crippen molar-refractivity contribution in [2.45, 2.75) is 44.0 Å². The lowest BCUT2D eigenvalue weighted by atomic mass is 10.0. The number of sulfonamides is 1. The molecule has 2 aromatic rings. The van der Waals surface area contributed by atoms with Gasteiger partial charge < -0.3 is 5.32 Å². The molecule has 0 fully saturated rings. The molecule has 0 aromatic heterocycles. The van der Waals surface area contributed by atoms with Crippen LogP contribution in [0.2, 0.25) is 0 Å². The molecule has 1 atom stereocenters. The highest BCUT2D eigenvalue weighted by Gasteiger charge is 2.21. The van der Waals surface area contributed by atoms with E-state index in [9.17, 15) is 13.2 Å². The van der Waals surface area contributed by atoms with E-state index >= 15 is 0 Å². The van der Waals surface area contributed by atoms with Gasteiger partial charge in [-0.25, -0.2) is 13.1 Å². The molecular weight excluding hydrogens is 336 g/mol. The van der Waals surface area contributed by atoms with E-state index in [1.165, 1.54) is 6.07 Å². The van der Waals surface area contributed by atoms with Crippen molar-refractivity contribution in [1.29, 1.82) is 0 Å². The molecular formula is C19H22N2O3S. The van der Waals surface area contributed by atoms with Crippen LogP contribution in [0.25, 0.3) is 0 Å². The number of hydrogen-bond acceptors (Lipinski definition) is 3. The van der Waals surface area contributed by atoms with Crippen LogP contribution in [0.5, 0.6) is 0 Å². The summed E-state index contributed by atoms with van der Waals surface area (Å²) in [6, 6.07) is 12.3. The summed E-state index contributed by atoms with van der Waals surface area (Å²) < 4.78 is 28.3. The molecule has 1 aliphatic heterocycles. The Kier molecular flexibility index (Phi) is 4.92. The van der Waals surface area contributed by atoms with Gasteiger partial charge in [-0.3, -0.25) is 4.79 Å². The molecule has 3 rings (SSSR count). The third-order valence-corrected chi connectivity index (χ3v) is 6.04. The van der Waals surface area contributed by atoms with Gasteiger partial charge in [-0.15, -0.1) is 0 Å².